The predicted octanol–water partition coefficient (Wildman–Crippen LogP) is 2.65. The second kappa shape index (κ2) is 6.20. The summed E-state index contributed by atoms with van der Waals surface area (Å²) in [6.45, 7) is 1.90. The highest BCUT2D eigenvalue weighted by Gasteiger charge is 2.48. The Morgan fingerprint density at radius 2 is 1.91 bits per heavy atom. The van der Waals surface area contributed by atoms with Gasteiger partial charge in [0.1, 0.15) is 0 Å². The number of nitrogens with one attached hydrogen (secondary N) is 1. The summed E-state index contributed by atoms with van der Waals surface area (Å²) in [5.41, 5.74) is 3.09. The molecule has 118 valence electrons. The molecule has 1 aromatic carbocycles. The van der Waals surface area contributed by atoms with Gasteiger partial charge in [-0.3, -0.25) is 14.6 Å². The largest absolute Gasteiger partial charge is 0.481 e. The van der Waals surface area contributed by atoms with E-state index < -0.39 is 11.9 Å². The molecule has 2 aromatic rings. The zero-order chi connectivity index (χ0) is 16.4. The number of rotatable bonds is 5. The SMILES string of the molecule is CC(NC(=O)C1CC1C(=O)O)c1ccc(-c2cccnc2)cc1. The van der Waals surface area contributed by atoms with Crippen molar-refractivity contribution < 1.29 is 14.7 Å². The molecule has 1 heterocycles. The van der Waals surface area contributed by atoms with E-state index in [-0.39, 0.29) is 17.9 Å². The molecule has 23 heavy (non-hydrogen) atoms. The van der Waals surface area contributed by atoms with Crippen molar-refractivity contribution in [3.05, 3.63) is 54.4 Å². The third-order valence-electron chi connectivity index (χ3n) is 4.21. The Morgan fingerprint density at radius 3 is 2.48 bits per heavy atom. The van der Waals surface area contributed by atoms with Crippen LogP contribution in [0, 0.1) is 11.8 Å². The number of hydrogen-bond acceptors (Lipinski definition) is 3. The molecule has 3 atom stereocenters. The van der Waals surface area contributed by atoms with Crippen molar-refractivity contribution in [3.8, 4) is 11.1 Å². The summed E-state index contributed by atoms with van der Waals surface area (Å²) in [7, 11) is 0. The van der Waals surface area contributed by atoms with Crippen LogP contribution >= 0.6 is 0 Å². The molecule has 3 unspecified atom stereocenters. The minimum atomic E-state index is -0.890. The molecule has 1 fully saturated rings. The third kappa shape index (κ3) is 3.39. The highest BCUT2D eigenvalue weighted by Crippen LogP contribution is 2.39. The first-order valence-corrected chi connectivity index (χ1v) is 7.60. The second-order valence-corrected chi connectivity index (χ2v) is 5.88. The topological polar surface area (TPSA) is 79.3 Å². The maximum Gasteiger partial charge on any atom is 0.307 e. The van der Waals surface area contributed by atoms with Crippen LogP contribution in [0.2, 0.25) is 0 Å². The van der Waals surface area contributed by atoms with Gasteiger partial charge in [0.15, 0.2) is 0 Å². The van der Waals surface area contributed by atoms with Crippen molar-refractivity contribution in [1.29, 1.82) is 0 Å². The molecule has 0 radical (unpaired) electrons. The van der Waals surface area contributed by atoms with Crippen molar-refractivity contribution in [3.63, 3.8) is 0 Å². The van der Waals surface area contributed by atoms with Crippen LogP contribution in [-0.4, -0.2) is 22.0 Å². The van der Waals surface area contributed by atoms with Gasteiger partial charge in [-0.1, -0.05) is 30.3 Å². The van der Waals surface area contributed by atoms with E-state index in [9.17, 15) is 9.59 Å². The van der Waals surface area contributed by atoms with Crippen LogP contribution in [0.4, 0.5) is 0 Å². The molecular weight excluding hydrogens is 292 g/mol. The zero-order valence-electron chi connectivity index (χ0n) is 12.8. The first kappa shape index (κ1) is 15.2. The molecule has 5 nitrogen and oxygen atoms in total. The Balaban J connectivity index is 1.63. The standard InChI is InChI=1S/C18H18N2O3/c1-11(20-17(21)15-9-16(15)18(22)23)12-4-6-13(7-5-12)14-3-2-8-19-10-14/h2-8,10-11,15-16H,9H2,1H3,(H,20,21)(H,22,23). The van der Waals surface area contributed by atoms with Crippen molar-refractivity contribution >= 4 is 11.9 Å². The number of nitrogens with zero attached hydrogens (tertiary/aromatic N) is 1. The highest BCUT2D eigenvalue weighted by molar-refractivity contribution is 5.89. The number of benzene rings is 1. The number of aromatic nitrogens is 1. The summed E-state index contributed by atoms with van der Waals surface area (Å²) in [5, 5.41) is 11.8. The van der Waals surface area contributed by atoms with Gasteiger partial charge in [-0.05, 0) is 36.1 Å². The van der Waals surface area contributed by atoms with Crippen LogP contribution in [0.3, 0.4) is 0 Å². The molecule has 0 aliphatic heterocycles. The first-order chi connectivity index (χ1) is 11.1. The molecule has 0 bridgehead atoms. The van der Waals surface area contributed by atoms with Crippen molar-refractivity contribution in [2.45, 2.75) is 19.4 Å². The molecule has 5 heteroatoms. The van der Waals surface area contributed by atoms with E-state index in [0.717, 1.165) is 16.7 Å². The summed E-state index contributed by atoms with van der Waals surface area (Å²) in [4.78, 5) is 26.9. The Bertz CT molecular complexity index is 713. The number of aliphatic carboxylic acids is 1. The second-order valence-electron chi connectivity index (χ2n) is 5.88. The number of amides is 1. The number of pyridine rings is 1. The van der Waals surface area contributed by atoms with Gasteiger partial charge in [-0.2, -0.15) is 0 Å². The van der Waals surface area contributed by atoms with Gasteiger partial charge in [0, 0.05) is 12.4 Å². The maximum atomic E-state index is 12.0. The van der Waals surface area contributed by atoms with Crippen LogP contribution < -0.4 is 5.32 Å². The zero-order valence-corrected chi connectivity index (χ0v) is 12.8. The predicted molar refractivity (Wildman–Crippen MR) is 85.5 cm³/mol. The lowest BCUT2D eigenvalue weighted by atomic mass is 10.0. The monoisotopic (exact) mass is 310 g/mol. The number of carboxylic acid groups (broad SMARTS) is 1. The van der Waals surface area contributed by atoms with Crippen molar-refractivity contribution in [1.82, 2.24) is 10.3 Å². The van der Waals surface area contributed by atoms with Crippen LogP contribution in [0.5, 0.6) is 0 Å². The molecule has 1 aliphatic carbocycles. The first-order valence-electron chi connectivity index (χ1n) is 7.60. The van der Waals surface area contributed by atoms with Gasteiger partial charge >= 0.3 is 5.97 Å². The average molecular weight is 310 g/mol. The van der Waals surface area contributed by atoms with E-state index in [4.69, 9.17) is 5.11 Å². The van der Waals surface area contributed by atoms with E-state index in [1.807, 2.05) is 43.3 Å². The summed E-state index contributed by atoms with van der Waals surface area (Å²) in [6.07, 6.45) is 3.98. The fourth-order valence-electron chi connectivity index (χ4n) is 2.66. The summed E-state index contributed by atoms with van der Waals surface area (Å²) in [5.74, 6) is -1.97. The molecular formula is C18H18N2O3. The number of hydrogen-bond donors (Lipinski definition) is 2. The van der Waals surface area contributed by atoms with Crippen LogP contribution in [0.15, 0.2) is 48.8 Å². The molecule has 0 saturated heterocycles. The van der Waals surface area contributed by atoms with Gasteiger partial charge in [-0.25, -0.2) is 0 Å². The Labute approximate surface area is 134 Å². The van der Waals surface area contributed by atoms with Crippen LogP contribution in [0.1, 0.15) is 24.9 Å². The Morgan fingerprint density at radius 1 is 1.17 bits per heavy atom. The fourth-order valence-corrected chi connectivity index (χ4v) is 2.66. The fraction of sp³-hybridized carbons (Fsp3) is 0.278. The van der Waals surface area contributed by atoms with Crippen molar-refractivity contribution in [2.24, 2.45) is 11.8 Å². The van der Waals surface area contributed by atoms with Crippen LogP contribution in [-0.2, 0) is 9.59 Å². The molecule has 1 saturated carbocycles. The minimum absolute atomic E-state index is 0.152. The van der Waals surface area contributed by atoms with E-state index in [0.29, 0.717) is 6.42 Å². The van der Waals surface area contributed by atoms with Gasteiger partial charge in [0.25, 0.3) is 0 Å². The maximum absolute atomic E-state index is 12.0. The highest BCUT2D eigenvalue weighted by atomic mass is 16.4. The minimum Gasteiger partial charge on any atom is -0.481 e. The van der Waals surface area contributed by atoms with Crippen LogP contribution in [0.25, 0.3) is 11.1 Å². The average Bonchev–Trinajstić information content (AvgIpc) is 3.37. The Hall–Kier alpha value is -2.69. The molecule has 1 aromatic heterocycles. The van der Waals surface area contributed by atoms with E-state index >= 15 is 0 Å². The number of carbonyl (C=O) groups is 2. The smallest absolute Gasteiger partial charge is 0.307 e. The van der Waals surface area contributed by atoms with E-state index in [2.05, 4.69) is 10.3 Å². The normalized spacial score (nSPS) is 20.6. The van der Waals surface area contributed by atoms with Gasteiger partial charge in [0.05, 0.1) is 17.9 Å². The summed E-state index contributed by atoms with van der Waals surface area (Å²) >= 11 is 0. The summed E-state index contributed by atoms with van der Waals surface area (Å²) < 4.78 is 0. The van der Waals surface area contributed by atoms with Gasteiger partial charge in [-0.15, -0.1) is 0 Å². The lowest BCUT2D eigenvalue weighted by molar-refractivity contribution is -0.140. The molecule has 0 spiro atoms. The summed E-state index contributed by atoms with van der Waals surface area (Å²) in [6, 6.07) is 11.6. The van der Waals surface area contributed by atoms with Gasteiger partial charge < -0.3 is 10.4 Å². The lowest BCUT2D eigenvalue weighted by Crippen LogP contribution is -2.29. The number of carbonyl (C=O) groups excluding carboxylic acids is 1. The van der Waals surface area contributed by atoms with Gasteiger partial charge in [0.2, 0.25) is 5.91 Å². The van der Waals surface area contributed by atoms with E-state index in [1.165, 1.54) is 0 Å². The van der Waals surface area contributed by atoms with Crippen molar-refractivity contribution in [2.75, 3.05) is 0 Å². The number of carboxylic acids is 1. The molecule has 2 N–H and O–H groups in total. The molecule has 1 amide bonds. The Kier molecular flexibility index (Phi) is 4.10. The molecule has 3 rings (SSSR count). The van der Waals surface area contributed by atoms with E-state index in [1.54, 1.807) is 12.4 Å². The third-order valence-corrected chi connectivity index (χ3v) is 4.21. The lowest BCUT2D eigenvalue weighted by Gasteiger charge is -2.15. The molecule has 1 aliphatic rings. The quantitative estimate of drug-likeness (QED) is 0.890.